The van der Waals surface area contributed by atoms with Crippen LogP contribution in [-0.2, 0) is 4.74 Å². The van der Waals surface area contributed by atoms with Crippen LogP contribution < -0.4 is 0 Å². The van der Waals surface area contributed by atoms with Crippen molar-refractivity contribution in [3.8, 4) is 5.75 Å². The molecule has 1 N–H and O–H groups in total. The van der Waals surface area contributed by atoms with Gasteiger partial charge in [-0.25, -0.2) is 4.79 Å². The third kappa shape index (κ3) is 1.84. The molecule has 1 rings (SSSR count). The molecule has 0 atom stereocenters. The lowest BCUT2D eigenvalue weighted by Gasteiger charge is -1.93. The monoisotopic (exact) mass is 284 g/mol. The Hall–Kier alpha value is -0.300. The van der Waals surface area contributed by atoms with E-state index >= 15 is 0 Å². The maximum atomic E-state index is 10.9. The Morgan fingerprint density at radius 1 is 1.82 bits per heavy atom. The number of thiophene rings is 1. The fourth-order valence-corrected chi connectivity index (χ4v) is 2.24. The highest BCUT2D eigenvalue weighted by Crippen LogP contribution is 2.29. The highest BCUT2D eigenvalue weighted by atomic mass is 127. The fraction of sp³-hybridized carbons (Fsp3) is 0.167. The van der Waals surface area contributed by atoms with Gasteiger partial charge in [0.1, 0.15) is 5.75 Å². The molecule has 0 radical (unpaired) electrons. The summed E-state index contributed by atoms with van der Waals surface area (Å²) in [5, 5.41) is 9.14. The molecule has 0 fully saturated rings. The quantitative estimate of drug-likeness (QED) is 0.632. The Morgan fingerprint density at radius 2 is 2.45 bits per heavy atom. The van der Waals surface area contributed by atoms with Gasteiger partial charge in [0.25, 0.3) is 0 Å². The summed E-state index contributed by atoms with van der Waals surface area (Å²) in [6, 6.07) is 1.53. The summed E-state index contributed by atoms with van der Waals surface area (Å²) in [6.07, 6.45) is 0. The highest BCUT2D eigenvalue weighted by molar-refractivity contribution is 14.1. The second-order valence-corrected chi connectivity index (χ2v) is 4.70. The van der Waals surface area contributed by atoms with E-state index < -0.39 is 5.97 Å². The number of aromatic hydroxyl groups is 1. The largest absolute Gasteiger partial charge is 0.506 e. The Bertz CT molecular complexity index is 281. The Kier molecular flexibility index (Phi) is 2.72. The van der Waals surface area contributed by atoms with Gasteiger partial charge in [-0.15, -0.1) is 11.3 Å². The van der Waals surface area contributed by atoms with Crippen molar-refractivity contribution < 1.29 is 14.6 Å². The molecule has 0 bridgehead atoms. The van der Waals surface area contributed by atoms with E-state index in [0.717, 1.165) is 2.88 Å². The van der Waals surface area contributed by atoms with Crippen molar-refractivity contribution in [2.45, 2.75) is 0 Å². The molecule has 11 heavy (non-hydrogen) atoms. The van der Waals surface area contributed by atoms with E-state index in [9.17, 15) is 4.79 Å². The van der Waals surface area contributed by atoms with Gasteiger partial charge < -0.3 is 9.84 Å². The second-order valence-electron chi connectivity index (χ2n) is 1.76. The maximum absolute atomic E-state index is 10.9. The van der Waals surface area contributed by atoms with Crippen molar-refractivity contribution >= 4 is 39.9 Å². The van der Waals surface area contributed by atoms with E-state index in [4.69, 9.17) is 5.11 Å². The first kappa shape index (κ1) is 8.79. The minimum atomic E-state index is -0.490. The van der Waals surface area contributed by atoms with Crippen molar-refractivity contribution in [3.63, 3.8) is 0 Å². The smallest absolute Gasteiger partial charge is 0.351 e. The van der Waals surface area contributed by atoms with Crippen molar-refractivity contribution in [1.82, 2.24) is 0 Å². The SMILES string of the molecule is COC(=O)c1sc(I)cc1O. The summed E-state index contributed by atoms with van der Waals surface area (Å²) in [4.78, 5) is 11.1. The van der Waals surface area contributed by atoms with Crippen molar-refractivity contribution in [3.05, 3.63) is 13.8 Å². The molecule has 0 saturated heterocycles. The molecule has 5 heteroatoms. The number of rotatable bonds is 1. The molecule has 60 valence electrons. The van der Waals surface area contributed by atoms with Gasteiger partial charge in [0, 0.05) is 6.07 Å². The molecule has 0 aliphatic heterocycles. The van der Waals surface area contributed by atoms with Gasteiger partial charge in [-0.05, 0) is 22.6 Å². The normalized spacial score (nSPS) is 9.64. The Morgan fingerprint density at radius 3 is 2.82 bits per heavy atom. The lowest BCUT2D eigenvalue weighted by Crippen LogP contribution is -1.97. The van der Waals surface area contributed by atoms with Crippen molar-refractivity contribution in [2.24, 2.45) is 0 Å². The second kappa shape index (κ2) is 3.40. The number of hydrogen-bond donors (Lipinski definition) is 1. The van der Waals surface area contributed by atoms with E-state index in [1.165, 1.54) is 24.5 Å². The summed E-state index contributed by atoms with van der Waals surface area (Å²) >= 11 is 3.24. The topological polar surface area (TPSA) is 46.5 Å². The van der Waals surface area contributed by atoms with Gasteiger partial charge in [0.2, 0.25) is 0 Å². The number of carbonyl (C=O) groups excluding carboxylic acids is 1. The first-order valence-electron chi connectivity index (χ1n) is 2.71. The molecule has 0 aliphatic rings. The summed E-state index contributed by atoms with van der Waals surface area (Å²) in [7, 11) is 1.29. The van der Waals surface area contributed by atoms with Crippen LogP contribution in [-0.4, -0.2) is 18.2 Å². The van der Waals surface area contributed by atoms with E-state index in [1.54, 1.807) is 0 Å². The van der Waals surface area contributed by atoms with Gasteiger partial charge in [-0.2, -0.15) is 0 Å². The fourth-order valence-electron chi connectivity index (χ4n) is 0.591. The van der Waals surface area contributed by atoms with Gasteiger partial charge >= 0.3 is 5.97 Å². The van der Waals surface area contributed by atoms with Crippen LogP contribution in [0.5, 0.6) is 5.75 Å². The molecule has 3 nitrogen and oxygen atoms in total. The number of methoxy groups -OCH3 is 1. The average molecular weight is 284 g/mol. The van der Waals surface area contributed by atoms with E-state index in [0.29, 0.717) is 0 Å². The predicted octanol–water partition coefficient (Wildman–Crippen LogP) is 1.84. The zero-order valence-corrected chi connectivity index (χ0v) is 8.60. The van der Waals surface area contributed by atoms with Crippen molar-refractivity contribution in [1.29, 1.82) is 0 Å². The molecular weight excluding hydrogens is 279 g/mol. The van der Waals surface area contributed by atoms with Crippen LogP contribution in [0.3, 0.4) is 0 Å². The van der Waals surface area contributed by atoms with Crippen LogP contribution in [0, 0.1) is 2.88 Å². The third-order valence-electron chi connectivity index (χ3n) is 1.05. The number of carbonyl (C=O) groups is 1. The summed E-state index contributed by atoms with van der Waals surface area (Å²) in [5.74, 6) is -0.498. The number of esters is 1. The zero-order chi connectivity index (χ0) is 8.43. The van der Waals surface area contributed by atoms with Gasteiger partial charge in [-0.1, -0.05) is 0 Å². The molecule has 0 amide bonds. The maximum Gasteiger partial charge on any atom is 0.351 e. The van der Waals surface area contributed by atoms with Crippen molar-refractivity contribution in [2.75, 3.05) is 7.11 Å². The lowest BCUT2D eigenvalue weighted by atomic mass is 10.4. The molecule has 0 aliphatic carbocycles. The predicted molar refractivity (Wildman–Crippen MR) is 50.0 cm³/mol. The van der Waals surface area contributed by atoms with Crippen LogP contribution >= 0.6 is 33.9 Å². The Labute approximate surface area is 81.1 Å². The standard InChI is InChI=1S/C6H5IO3S/c1-10-6(9)5-3(8)2-4(7)11-5/h2,8H,1H3. The van der Waals surface area contributed by atoms with E-state index in [-0.39, 0.29) is 10.6 Å². The minimum Gasteiger partial charge on any atom is -0.506 e. The Balaban J connectivity index is 3.03. The molecule has 0 spiro atoms. The van der Waals surface area contributed by atoms with Crippen LogP contribution in [0.1, 0.15) is 9.67 Å². The van der Waals surface area contributed by atoms with Crippen LogP contribution in [0.4, 0.5) is 0 Å². The molecule has 0 aromatic carbocycles. The summed E-state index contributed by atoms with van der Waals surface area (Å²) in [5.41, 5.74) is 0. The number of halogens is 1. The first-order chi connectivity index (χ1) is 5.15. The average Bonchev–Trinajstić information content (AvgIpc) is 2.28. The molecule has 0 unspecified atom stereocenters. The van der Waals surface area contributed by atoms with Crippen LogP contribution in [0.15, 0.2) is 6.07 Å². The highest BCUT2D eigenvalue weighted by Gasteiger charge is 2.14. The molecular formula is C6H5IO3S. The van der Waals surface area contributed by atoms with Gasteiger partial charge in [-0.3, -0.25) is 0 Å². The summed E-state index contributed by atoms with van der Waals surface area (Å²) < 4.78 is 5.30. The third-order valence-corrected chi connectivity index (χ3v) is 2.92. The van der Waals surface area contributed by atoms with E-state index in [1.807, 2.05) is 22.6 Å². The zero-order valence-electron chi connectivity index (χ0n) is 5.63. The van der Waals surface area contributed by atoms with Crippen LogP contribution in [0.2, 0.25) is 0 Å². The molecule has 0 saturated carbocycles. The van der Waals surface area contributed by atoms with Crippen LogP contribution in [0.25, 0.3) is 0 Å². The molecule has 1 aromatic rings. The lowest BCUT2D eigenvalue weighted by molar-refractivity contribution is 0.0603. The molecule has 1 aromatic heterocycles. The number of ether oxygens (including phenoxy) is 1. The van der Waals surface area contributed by atoms with E-state index in [2.05, 4.69) is 4.74 Å². The minimum absolute atomic E-state index is 0.00810. The van der Waals surface area contributed by atoms with Gasteiger partial charge in [0.15, 0.2) is 4.88 Å². The first-order valence-corrected chi connectivity index (χ1v) is 4.61. The van der Waals surface area contributed by atoms with Gasteiger partial charge in [0.05, 0.1) is 9.99 Å². The number of hydrogen-bond acceptors (Lipinski definition) is 4. The summed E-state index contributed by atoms with van der Waals surface area (Å²) in [6.45, 7) is 0. The molecule has 1 heterocycles.